The van der Waals surface area contributed by atoms with E-state index >= 15 is 0 Å². The monoisotopic (exact) mass is 455 g/mol. The van der Waals surface area contributed by atoms with Crippen LogP contribution >= 0.6 is 31.9 Å². The van der Waals surface area contributed by atoms with E-state index in [1.165, 1.54) is 12.1 Å². The molecule has 5 nitrogen and oxygen atoms in total. The first-order chi connectivity index (χ1) is 11.4. The number of amides is 2. The zero-order valence-electron chi connectivity index (χ0n) is 12.4. The van der Waals surface area contributed by atoms with E-state index < -0.39 is 17.6 Å². The van der Waals surface area contributed by atoms with Gasteiger partial charge in [0.15, 0.2) is 0 Å². The van der Waals surface area contributed by atoms with Gasteiger partial charge in [-0.05, 0) is 42.8 Å². The van der Waals surface area contributed by atoms with E-state index in [9.17, 15) is 14.0 Å². The maximum absolute atomic E-state index is 13.6. The molecule has 0 saturated carbocycles. The van der Waals surface area contributed by atoms with Crippen LogP contribution in [0.25, 0.3) is 0 Å². The molecule has 0 aliphatic heterocycles. The summed E-state index contributed by atoms with van der Waals surface area (Å²) < 4.78 is 15.1. The summed E-state index contributed by atoms with van der Waals surface area (Å²) in [6.45, 7) is 1.69. The van der Waals surface area contributed by atoms with Crippen molar-refractivity contribution in [1.29, 1.82) is 0 Å². The Labute approximate surface area is 154 Å². The Hall–Kier alpha value is -2.06. The Morgan fingerprint density at radius 2 is 1.62 bits per heavy atom. The molecule has 2 N–H and O–H groups in total. The Kier molecular flexibility index (Phi) is 6.22. The van der Waals surface area contributed by atoms with Crippen molar-refractivity contribution in [2.75, 3.05) is 5.32 Å². The van der Waals surface area contributed by atoms with Gasteiger partial charge in [-0.25, -0.2) is 9.82 Å². The predicted octanol–water partition coefficient (Wildman–Crippen LogP) is 3.83. The van der Waals surface area contributed by atoms with E-state index in [1.54, 1.807) is 13.0 Å². The van der Waals surface area contributed by atoms with Gasteiger partial charge < -0.3 is 5.32 Å². The molecule has 2 rings (SSSR count). The molecule has 0 heterocycles. The molecule has 0 aliphatic carbocycles. The molecule has 0 fully saturated rings. The average molecular weight is 457 g/mol. The van der Waals surface area contributed by atoms with E-state index in [2.05, 4.69) is 47.7 Å². The lowest BCUT2D eigenvalue weighted by Gasteiger charge is -2.06. The largest absolute Gasteiger partial charge is 0.329 e. The fraction of sp³-hybridized carbons (Fsp3) is 0.0625. The quantitative estimate of drug-likeness (QED) is 0.418. The van der Waals surface area contributed by atoms with Crippen LogP contribution in [0.4, 0.5) is 10.1 Å². The zero-order chi connectivity index (χ0) is 17.7. The van der Waals surface area contributed by atoms with Gasteiger partial charge in [-0.2, -0.15) is 5.10 Å². The van der Waals surface area contributed by atoms with E-state index in [0.717, 1.165) is 10.0 Å². The van der Waals surface area contributed by atoms with Gasteiger partial charge in [0.1, 0.15) is 5.82 Å². The number of nitrogens with zero attached hydrogens (tertiary/aromatic N) is 1. The number of hydrogen-bond donors (Lipinski definition) is 2. The normalized spacial score (nSPS) is 11.1. The van der Waals surface area contributed by atoms with Gasteiger partial charge in [0.25, 0.3) is 0 Å². The maximum Gasteiger partial charge on any atom is 0.329 e. The highest BCUT2D eigenvalue weighted by Crippen LogP contribution is 2.19. The topological polar surface area (TPSA) is 70.6 Å². The first-order valence-corrected chi connectivity index (χ1v) is 8.32. The van der Waals surface area contributed by atoms with Crippen molar-refractivity contribution in [3.8, 4) is 0 Å². The number of rotatable bonds is 3. The highest BCUT2D eigenvalue weighted by molar-refractivity contribution is 9.10. The number of anilines is 1. The fourth-order valence-corrected chi connectivity index (χ4v) is 2.31. The van der Waals surface area contributed by atoms with Gasteiger partial charge in [-0.1, -0.05) is 44.0 Å². The van der Waals surface area contributed by atoms with Gasteiger partial charge in [-0.15, -0.1) is 0 Å². The van der Waals surface area contributed by atoms with Gasteiger partial charge in [0.2, 0.25) is 0 Å². The van der Waals surface area contributed by atoms with Crippen molar-refractivity contribution < 1.29 is 14.0 Å². The molecule has 0 aliphatic rings. The molecule has 124 valence electrons. The summed E-state index contributed by atoms with van der Waals surface area (Å²) in [5.41, 5.74) is 3.37. The Morgan fingerprint density at radius 1 is 1.00 bits per heavy atom. The highest BCUT2D eigenvalue weighted by Gasteiger charge is 2.15. The Balaban J connectivity index is 1.99. The molecule has 8 heteroatoms. The summed E-state index contributed by atoms with van der Waals surface area (Å²) >= 11 is 6.43. The van der Waals surface area contributed by atoms with Crippen LogP contribution in [0.3, 0.4) is 0 Å². The number of halogens is 3. The second-order valence-electron chi connectivity index (χ2n) is 4.72. The number of nitrogens with one attached hydrogen (secondary N) is 2. The van der Waals surface area contributed by atoms with Gasteiger partial charge in [-0.3, -0.25) is 9.59 Å². The number of carbonyl (C=O) groups excluding carboxylic acids is 2. The van der Waals surface area contributed by atoms with Gasteiger partial charge in [0.05, 0.1) is 11.4 Å². The lowest BCUT2D eigenvalue weighted by atomic mass is 10.1. The third kappa shape index (κ3) is 4.97. The SMILES string of the molecule is CC(=NNC(=O)C(=O)Nc1ccc(Br)cc1F)c1ccc(Br)cc1. The van der Waals surface area contributed by atoms with Gasteiger partial charge >= 0.3 is 11.8 Å². The van der Waals surface area contributed by atoms with Crippen molar-refractivity contribution >= 4 is 55.1 Å². The Morgan fingerprint density at radius 3 is 2.25 bits per heavy atom. The second kappa shape index (κ2) is 8.16. The molecule has 2 aromatic carbocycles. The lowest BCUT2D eigenvalue weighted by molar-refractivity contribution is -0.136. The molecule has 2 amide bonds. The van der Waals surface area contributed by atoms with Crippen molar-refractivity contribution in [3.63, 3.8) is 0 Å². The zero-order valence-corrected chi connectivity index (χ0v) is 15.6. The summed E-state index contributed by atoms with van der Waals surface area (Å²) in [4.78, 5) is 23.5. The van der Waals surface area contributed by atoms with Crippen LogP contribution in [0.2, 0.25) is 0 Å². The van der Waals surface area contributed by atoms with Crippen LogP contribution in [-0.2, 0) is 9.59 Å². The standard InChI is InChI=1S/C16H12Br2FN3O2/c1-9(10-2-4-11(17)5-3-10)21-22-16(24)15(23)20-14-7-6-12(18)8-13(14)19/h2-8H,1H3,(H,20,23)(H,22,24). The predicted molar refractivity (Wildman–Crippen MR) is 97.2 cm³/mol. The molecule has 0 bridgehead atoms. The molecule has 24 heavy (non-hydrogen) atoms. The van der Waals surface area contributed by atoms with Crippen molar-refractivity contribution in [2.24, 2.45) is 5.10 Å². The molecule has 0 aromatic heterocycles. The molecule has 0 atom stereocenters. The number of benzene rings is 2. The Bertz CT molecular complexity index is 807. The first kappa shape index (κ1) is 18.3. The molecule has 0 radical (unpaired) electrons. The third-order valence-electron chi connectivity index (χ3n) is 2.97. The number of carbonyl (C=O) groups is 2. The van der Waals surface area contributed by atoms with Gasteiger partial charge in [0, 0.05) is 8.95 Å². The molecule has 2 aromatic rings. The van der Waals surface area contributed by atoms with Crippen LogP contribution in [0.15, 0.2) is 56.5 Å². The van der Waals surface area contributed by atoms with Crippen molar-refractivity contribution in [1.82, 2.24) is 5.43 Å². The summed E-state index contributed by atoms with van der Waals surface area (Å²) in [6, 6.07) is 11.4. The third-order valence-corrected chi connectivity index (χ3v) is 3.99. The molecular formula is C16H12Br2FN3O2. The van der Waals surface area contributed by atoms with E-state index in [0.29, 0.717) is 10.2 Å². The maximum atomic E-state index is 13.6. The first-order valence-electron chi connectivity index (χ1n) is 6.73. The summed E-state index contributed by atoms with van der Waals surface area (Å²) in [6.07, 6.45) is 0. The highest BCUT2D eigenvalue weighted by atomic mass is 79.9. The summed E-state index contributed by atoms with van der Waals surface area (Å²) in [5.74, 6) is -2.66. The fourth-order valence-electron chi connectivity index (χ4n) is 1.71. The molecule has 0 spiro atoms. The van der Waals surface area contributed by atoms with Crippen LogP contribution in [0, 0.1) is 5.82 Å². The molecule has 0 saturated heterocycles. The molecule has 0 unspecified atom stereocenters. The minimum atomic E-state index is -1.01. The van der Waals surface area contributed by atoms with Crippen LogP contribution < -0.4 is 10.7 Å². The second-order valence-corrected chi connectivity index (χ2v) is 6.55. The number of hydrogen-bond acceptors (Lipinski definition) is 3. The summed E-state index contributed by atoms with van der Waals surface area (Å²) in [5, 5.41) is 6.05. The van der Waals surface area contributed by atoms with Crippen LogP contribution in [0.5, 0.6) is 0 Å². The lowest BCUT2D eigenvalue weighted by Crippen LogP contribution is -2.33. The van der Waals surface area contributed by atoms with E-state index in [-0.39, 0.29) is 5.69 Å². The average Bonchev–Trinajstić information content (AvgIpc) is 2.55. The van der Waals surface area contributed by atoms with Crippen molar-refractivity contribution in [3.05, 3.63) is 62.8 Å². The van der Waals surface area contributed by atoms with Crippen LogP contribution in [-0.4, -0.2) is 17.5 Å². The molecular weight excluding hydrogens is 445 g/mol. The van der Waals surface area contributed by atoms with E-state index in [1.807, 2.05) is 24.3 Å². The summed E-state index contributed by atoms with van der Waals surface area (Å²) in [7, 11) is 0. The van der Waals surface area contributed by atoms with Crippen LogP contribution in [0.1, 0.15) is 12.5 Å². The minimum Gasteiger partial charge on any atom is -0.315 e. The minimum absolute atomic E-state index is 0.0908. The smallest absolute Gasteiger partial charge is 0.315 e. The number of hydrazone groups is 1. The van der Waals surface area contributed by atoms with Crippen molar-refractivity contribution in [2.45, 2.75) is 6.92 Å². The van der Waals surface area contributed by atoms with E-state index in [4.69, 9.17) is 0 Å².